The average Bonchev–Trinajstić information content (AvgIpc) is 2.62. The Morgan fingerprint density at radius 1 is 1.08 bits per heavy atom. The number of hydrogen-bond acceptors (Lipinski definition) is 5. The number of phenolic OH excluding ortho intramolecular Hbond substituents is 1. The summed E-state index contributed by atoms with van der Waals surface area (Å²) in [6.07, 6.45) is 1.01. The van der Waals surface area contributed by atoms with Crippen LogP contribution in [0.25, 0.3) is 0 Å². The van der Waals surface area contributed by atoms with Gasteiger partial charge in [0.1, 0.15) is 5.75 Å². The normalized spacial score (nSPS) is 10.2. The van der Waals surface area contributed by atoms with E-state index in [4.69, 9.17) is 4.74 Å². The monoisotopic (exact) mass is 339 g/mol. The van der Waals surface area contributed by atoms with Gasteiger partial charge >= 0.3 is 5.97 Å². The van der Waals surface area contributed by atoms with E-state index in [1.165, 1.54) is 12.1 Å². The molecule has 0 saturated carbocycles. The van der Waals surface area contributed by atoms with Crippen LogP contribution in [0.3, 0.4) is 0 Å². The fourth-order valence-corrected chi connectivity index (χ4v) is 2.64. The summed E-state index contributed by atoms with van der Waals surface area (Å²) in [6.45, 7) is 8.95. The van der Waals surface area contributed by atoms with Crippen molar-refractivity contribution in [3.8, 4) is 5.75 Å². The molecule has 0 unspecified atom stereocenters. The van der Waals surface area contributed by atoms with Gasteiger partial charge in [-0.1, -0.05) is 24.8 Å². The lowest BCUT2D eigenvalue weighted by molar-refractivity contribution is 0.0660. The molecule has 25 heavy (non-hydrogen) atoms. The maximum absolute atomic E-state index is 12.8. The van der Waals surface area contributed by atoms with E-state index in [0.717, 1.165) is 25.0 Å². The van der Waals surface area contributed by atoms with Gasteiger partial charge in [-0.05, 0) is 32.0 Å². The van der Waals surface area contributed by atoms with Crippen molar-refractivity contribution in [3.05, 3.63) is 72.0 Å². The van der Waals surface area contributed by atoms with Gasteiger partial charge in [-0.15, -0.1) is 0 Å². The average molecular weight is 339 g/mol. The molecule has 0 spiro atoms. The predicted molar refractivity (Wildman–Crippen MR) is 97.2 cm³/mol. The number of nitrogens with zero attached hydrogens (tertiary/aromatic N) is 1. The Balaban J connectivity index is 2.42. The van der Waals surface area contributed by atoms with E-state index in [1.807, 2.05) is 13.8 Å². The van der Waals surface area contributed by atoms with Gasteiger partial charge in [-0.2, -0.15) is 0 Å². The van der Waals surface area contributed by atoms with Crippen molar-refractivity contribution >= 4 is 17.4 Å². The van der Waals surface area contributed by atoms with Crippen LogP contribution in [0.2, 0.25) is 0 Å². The van der Waals surface area contributed by atoms with Gasteiger partial charge in [0.05, 0.1) is 17.4 Å². The second-order valence-electron chi connectivity index (χ2n) is 5.32. The zero-order valence-corrected chi connectivity index (χ0v) is 14.4. The molecule has 0 heterocycles. The molecule has 5 nitrogen and oxygen atoms in total. The van der Waals surface area contributed by atoms with Gasteiger partial charge in [0.2, 0.25) is 0 Å². The van der Waals surface area contributed by atoms with E-state index < -0.39 is 11.8 Å². The summed E-state index contributed by atoms with van der Waals surface area (Å²) in [5.74, 6) is -1.24. The molecule has 0 aliphatic carbocycles. The third kappa shape index (κ3) is 3.88. The quantitative estimate of drug-likeness (QED) is 0.472. The summed E-state index contributed by atoms with van der Waals surface area (Å²) in [7, 11) is 0. The van der Waals surface area contributed by atoms with Crippen molar-refractivity contribution in [2.75, 3.05) is 18.0 Å². The molecule has 0 bridgehead atoms. The Morgan fingerprint density at radius 3 is 2.28 bits per heavy atom. The highest BCUT2D eigenvalue weighted by Gasteiger charge is 2.21. The van der Waals surface area contributed by atoms with Gasteiger partial charge < -0.3 is 14.7 Å². The summed E-state index contributed by atoms with van der Waals surface area (Å²) in [5.41, 5.74) is 1.26. The molecule has 5 heteroatoms. The minimum absolute atomic E-state index is 0.124. The first-order valence-corrected chi connectivity index (χ1v) is 8.07. The zero-order chi connectivity index (χ0) is 18.4. The van der Waals surface area contributed by atoms with Crippen LogP contribution in [0.1, 0.15) is 40.1 Å². The molecule has 0 aliphatic heterocycles. The topological polar surface area (TPSA) is 66.8 Å². The minimum atomic E-state index is -0.668. The lowest BCUT2D eigenvalue weighted by Crippen LogP contribution is -2.21. The molecule has 1 N–H and O–H groups in total. The number of phenols is 1. The molecule has 2 rings (SSSR count). The van der Waals surface area contributed by atoms with Crippen molar-refractivity contribution in [1.29, 1.82) is 0 Å². The Bertz CT molecular complexity index is 794. The number of carbonyl (C=O) groups is 2. The maximum atomic E-state index is 12.8. The van der Waals surface area contributed by atoms with E-state index in [2.05, 4.69) is 11.5 Å². The molecule has 0 aromatic heterocycles. The van der Waals surface area contributed by atoms with Crippen LogP contribution in [-0.2, 0) is 4.74 Å². The van der Waals surface area contributed by atoms with Crippen LogP contribution < -0.4 is 4.90 Å². The van der Waals surface area contributed by atoms with Gasteiger partial charge in [0.25, 0.3) is 0 Å². The number of hydrogen-bond donors (Lipinski definition) is 1. The summed E-state index contributed by atoms with van der Waals surface area (Å²) in [5, 5.41) is 10.3. The second-order valence-corrected chi connectivity index (χ2v) is 5.32. The van der Waals surface area contributed by atoms with E-state index in [1.54, 1.807) is 30.3 Å². The Hall–Kier alpha value is -3.08. The third-order valence-electron chi connectivity index (χ3n) is 3.94. The van der Waals surface area contributed by atoms with Gasteiger partial charge in [0.15, 0.2) is 5.78 Å². The Labute approximate surface area is 147 Å². The molecule has 2 aromatic rings. The zero-order valence-electron chi connectivity index (χ0n) is 14.4. The molecular weight excluding hydrogens is 318 g/mol. The lowest BCUT2D eigenvalue weighted by Gasteiger charge is -2.21. The summed E-state index contributed by atoms with van der Waals surface area (Å²) in [6, 6.07) is 11.2. The van der Waals surface area contributed by atoms with Gasteiger partial charge in [-0.3, -0.25) is 4.79 Å². The van der Waals surface area contributed by atoms with E-state index in [9.17, 15) is 14.7 Å². The van der Waals surface area contributed by atoms with Gasteiger partial charge in [-0.25, -0.2) is 4.79 Å². The molecule has 130 valence electrons. The Kier molecular flexibility index (Phi) is 5.95. The first kappa shape index (κ1) is 18.3. The van der Waals surface area contributed by atoms with Crippen molar-refractivity contribution in [1.82, 2.24) is 0 Å². The minimum Gasteiger partial charge on any atom is -0.507 e. The second kappa shape index (κ2) is 8.15. The predicted octanol–water partition coefficient (Wildman–Crippen LogP) is 3.77. The molecule has 2 aromatic carbocycles. The molecule has 0 radical (unpaired) electrons. The van der Waals surface area contributed by atoms with Crippen molar-refractivity contribution < 1.29 is 19.4 Å². The summed E-state index contributed by atoms with van der Waals surface area (Å²) >= 11 is 0. The fourth-order valence-electron chi connectivity index (χ4n) is 2.64. The maximum Gasteiger partial charge on any atom is 0.343 e. The van der Waals surface area contributed by atoms with E-state index >= 15 is 0 Å². The summed E-state index contributed by atoms with van der Waals surface area (Å²) in [4.78, 5) is 26.9. The first-order valence-electron chi connectivity index (χ1n) is 8.07. The molecule has 0 fully saturated rings. The third-order valence-corrected chi connectivity index (χ3v) is 3.94. The van der Waals surface area contributed by atoms with E-state index in [0.29, 0.717) is 0 Å². The number of ether oxygens (including phenoxy) is 1. The van der Waals surface area contributed by atoms with Crippen LogP contribution >= 0.6 is 0 Å². The number of carbonyl (C=O) groups excluding carboxylic acids is 2. The van der Waals surface area contributed by atoms with Crippen LogP contribution in [0.15, 0.2) is 55.3 Å². The molecule has 0 amide bonds. The molecule has 0 aliphatic rings. The highest BCUT2D eigenvalue weighted by Crippen LogP contribution is 2.27. The first-order chi connectivity index (χ1) is 12.0. The van der Waals surface area contributed by atoms with Crippen LogP contribution in [0.5, 0.6) is 5.75 Å². The molecular formula is C20H21NO4. The van der Waals surface area contributed by atoms with Crippen molar-refractivity contribution in [2.24, 2.45) is 0 Å². The number of ketones is 1. The largest absolute Gasteiger partial charge is 0.507 e. The smallest absolute Gasteiger partial charge is 0.343 e. The number of rotatable bonds is 7. The number of benzene rings is 2. The fraction of sp³-hybridized carbons (Fsp3) is 0.200. The highest BCUT2D eigenvalue weighted by molar-refractivity contribution is 6.15. The molecule has 0 saturated heterocycles. The number of anilines is 1. The highest BCUT2D eigenvalue weighted by atomic mass is 16.5. The SMILES string of the molecule is C=COC(=O)c1ccccc1C(=O)c1ccc(N(CC)CC)cc1O. The van der Waals surface area contributed by atoms with Crippen LogP contribution in [0.4, 0.5) is 5.69 Å². The van der Waals surface area contributed by atoms with Crippen LogP contribution in [-0.4, -0.2) is 29.9 Å². The lowest BCUT2D eigenvalue weighted by atomic mass is 9.97. The number of esters is 1. The molecule has 0 atom stereocenters. The van der Waals surface area contributed by atoms with Crippen LogP contribution in [0, 0.1) is 0 Å². The van der Waals surface area contributed by atoms with E-state index in [-0.39, 0.29) is 22.4 Å². The summed E-state index contributed by atoms with van der Waals surface area (Å²) < 4.78 is 4.77. The Morgan fingerprint density at radius 2 is 1.72 bits per heavy atom. The van der Waals surface area contributed by atoms with Crippen molar-refractivity contribution in [2.45, 2.75) is 13.8 Å². The standard InChI is InChI=1S/C20H21NO4/c1-4-21(5-2)14-11-12-17(18(22)13-14)19(23)15-9-7-8-10-16(15)20(24)25-6-3/h6-13,22H,3-5H2,1-2H3. The van der Waals surface area contributed by atoms with Gasteiger partial charge in [0, 0.05) is 30.4 Å². The van der Waals surface area contributed by atoms with Crippen molar-refractivity contribution in [3.63, 3.8) is 0 Å². The number of aromatic hydroxyl groups is 1.